The minimum Gasteiger partial charge on any atom is -0.481 e. The second-order valence-electron chi connectivity index (χ2n) is 4.96. The number of nitrogens with zero attached hydrogens (tertiary/aromatic N) is 3. The number of aromatic nitrogens is 2. The van der Waals surface area contributed by atoms with Crippen molar-refractivity contribution in [2.45, 2.75) is 13.0 Å². The fourth-order valence-electron chi connectivity index (χ4n) is 2.04. The van der Waals surface area contributed by atoms with Crippen LogP contribution < -0.4 is 4.74 Å². The maximum atomic E-state index is 12.6. The van der Waals surface area contributed by atoms with E-state index in [1.54, 1.807) is 0 Å². The van der Waals surface area contributed by atoms with Gasteiger partial charge in [-0.15, -0.1) is 10.2 Å². The quantitative estimate of drug-likeness (QED) is 0.775. The number of halogens is 1. The van der Waals surface area contributed by atoms with Crippen LogP contribution in [0.15, 0.2) is 40.9 Å². The number of aliphatic carboxylic acids is 1. The number of hydrogen-bond acceptors (Lipinski definition) is 5. The van der Waals surface area contributed by atoms with Gasteiger partial charge in [-0.25, -0.2) is 0 Å². The maximum Gasteiger partial charge on any atom is 0.305 e. The molecule has 126 valence electrons. The summed E-state index contributed by atoms with van der Waals surface area (Å²) >= 11 is 3.38. The predicted molar refractivity (Wildman–Crippen MR) is 89.7 cm³/mol. The molecule has 1 N–H and O–H groups in total. The van der Waals surface area contributed by atoms with Gasteiger partial charge in [-0.05, 0) is 23.8 Å². The fourth-order valence-corrected chi connectivity index (χ4v) is 2.49. The summed E-state index contributed by atoms with van der Waals surface area (Å²) in [5, 5.41) is 16.5. The van der Waals surface area contributed by atoms with Gasteiger partial charge < -0.3 is 14.7 Å². The zero-order valence-electron chi connectivity index (χ0n) is 13.0. The Morgan fingerprint density at radius 2 is 2.04 bits per heavy atom. The van der Waals surface area contributed by atoms with E-state index in [1.165, 1.54) is 24.1 Å². The SMILES string of the molecule is COc1ccc(C(=O)N(CCC(=O)O)Cc2cccc(Br)c2)nn1. The van der Waals surface area contributed by atoms with Crippen LogP contribution in [0.25, 0.3) is 0 Å². The summed E-state index contributed by atoms with van der Waals surface area (Å²) in [4.78, 5) is 24.9. The van der Waals surface area contributed by atoms with Crippen LogP contribution in [-0.2, 0) is 11.3 Å². The molecule has 0 aliphatic carbocycles. The molecule has 0 atom stereocenters. The van der Waals surface area contributed by atoms with Crippen molar-refractivity contribution in [3.05, 3.63) is 52.1 Å². The molecule has 2 rings (SSSR count). The molecule has 0 fully saturated rings. The third kappa shape index (κ3) is 5.02. The van der Waals surface area contributed by atoms with Crippen molar-refractivity contribution in [2.24, 2.45) is 0 Å². The first-order valence-corrected chi connectivity index (χ1v) is 7.92. The lowest BCUT2D eigenvalue weighted by Crippen LogP contribution is -2.33. The van der Waals surface area contributed by atoms with Gasteiger partial charge >= 0.3 is 5.97 Å². The maximum absolute atomic E-state index is 12.6. The lowest BCUT2D eigenvalue weighted by molar-refractivity contribution is -0.137. The van der Waals surface area contributed by atoms with Crippen LogP contribution in [0.5, 0.6) is 5.88 Å². The first kappa shape index (κ1) is 17.9. The number of carboxylic acids is 1. The van der Waals surface area contributed by atoms with Crippen molar-refractivity contribution in [3.63, 3.8) is 0 Å². The summed E-state index contributed by atoms with van der Waals surface area (Å²) in [7, 11) is 1.46. The highest BCUT2D eigenvalue weighted by molar-refractivity contribution is 9.10. The van der Waals surface area contributed by atoms with Gasteiger partial charge in [0.25, 0.3) is 5.91 Å². The Morgan fingerprint density at radius 1 is 1.25 bits per heavy atom. The van der Waals surface area contributed by atoms with E-state index in [2.05, 4.69) is 26.1 Å². The summed E-state index contributed by atoms with van der Waals surface area (Å²) < 4.78 is 5.80. The molecule has 8 heteroatoms. The third-order valence-corrected chi connectivity index (χ3v) is 3.71. The van der Waals surface area contributed by atoms with Gasteiger partial charge in [0.2, 0.25) is 5.88 Å². The molecule has 1 aromatic carbocycles. The number of carboxylic acid groups (broad SMARTS) is 1. The number of hydrogen-bond donors (Lipinski definition) is 1. The van der Waals surface area contributed by atoms with Crippen LogP contribution in [0.3, 0.4) is 0 Å². The largest absolute Gasteiger partial charge is 0.481 e. The predicted octanol–water partition coefficient (Wildman–Crippen LogP) is 2.36. The Kier molecular flexibility index (Phi) is 6.25. The van der Waals surface area contributed by atoms with Crippen molar-refractivity contribution in [2.75, 3.05) is 13.7 Å². The van der Waals surface area contributed by atoms with Crippen molar-refractivity contribution in [1.82, 2.24) is 15.1 Å². The summed E-state index contributed by atoms with van der Waals surface area (Å²) in [5.74, 6) is -1.05. The summed E-state index contributed by atoms with van der Waals surface area (Å²) in [5.41, 5.74) is 1.01. The average molecular weight is 394 g/mol. The molecule has 1 aromatic heterocycles. The van der Waals surface area contributed by atoms with Gasteiger partial charge in [0.15, 0.2) is 5.69 Å². The average Bonchev–Trinajstić information content (AvgIpc) is 2.58. The van der Waals surface area contributed by atoms with Gasteiger partial charge in [-0.2, -0.15) is 0 Å². The highest BCUT2D eigenvalue weighted by Crippen LogP contribution is 2.15. The Morgan fingerprint density at radius 3 is 2.62 bits per heavy atom. The van der Waals surface area contributed by atoms with Crippen molar-refractivity contribution in [1.29, 1.82) is 0 Å². The first-order valence-electron chi connectivity index (χ1n) is 7.13. The molecule has 0 saturated carbocycles. The summed E-state index contributed by atoms with van der Waals surface area (Å²) in [6.07, 6.45) is -0.149. The van der Waals surface area contributed by atoms with Crippen molar-refractivity contribution in [3.8, 4) is 5.88 Å². The fraction of sp³-hybridized carbons (Fsp3) is 0.250. The van der Waals surface area contributed by atoms with Gasteiger partial charge in [-0.1, -0.05) is 28.1 Å². The molecule has 2 aromatic rings. The van der Waals surface area contributed by atoms with E-state index in [0.29, 0.717) is 5.88 Å². The van der Waals surface area contributed by atoms with Crippen LogP contribution in [0, 0.1) is 0 Å². The normalized spacial score (nSPS) is 10.2. The molecule has 0 aliphatic rings. The van der Waals surface area contributed by atoms with E-state index < -0.39 is 5.97 Å². The van der Waals surface area contributed by atoms with E-state index in [-0.39, 0.29) is 31.1 Å². The van der Waals surface area contributed by atoms with E-state index >= 15 is 0 Å². The van der Waals surface area contributed by atoms with E-state index in [9.17, 15) is 9.59 Å². The van der Waals surface area contributed by atoms with E-state index in [4.69, 9.17) is 9.84 Å². The Hall–Kier alpha value is -2.48. The number of carbonyl (C=O) groups excluding carboxylic acids is 1. The second-order valence-corrected chi connectivity index (χ2v) is 5.88. The smallest absolute Gasteiger partial charge is 0.305 e. The Balaban J connectivity index is 2.19. The third-order valence-electron chi connectivity index (χ3n) is 3.21. The standard InChI is InChI=1S/C16H16BrN3O4/c1-24-14-6-5-13(18-19-14)16(23)20(8-7-15(21)22)10-11-3-2-4-12(17)9-11/h2-6,9H,7-8,10H2,1H3,(H,21,22). The molecule has 0 aliphatic heterocycles. The first-order chi connectivity index (χ1) is 11.5. The number of ether oxygens (including phenoxy) is 1. The van der Waals surface area contributed by atoms with Crippen molar-refractivity contribution < 1.29 is 19.4 Å². The molecule has 0 bridgehead atoms. The molecule has 24 heavy (non-hydrogen) atoms. The zero-order valence-corrected chi connectivity index (χ0v) is 14.6. The molecule has 0 radical (unpaired) electrons. The van der Waals surface area contributed by atoms with Crippen LogP contribution in [0.1, 0.15) is 22.5 Å². The molecule has 1 amide bonds. The second kappa shape index (κ2) is 8.39. The highest BCUT2D eigenvalue weighted by Gasteiger charge is 2.19. The van der Waals surface area contributed by atoms with E-state index in [0.717, 1.165) is 10.0 Å². The molecule has 1 heterocycles. The Labute approximate surface area is 147 Å². The summed E-state index contributed by atoms with van der Waals surface area (Å²) in [6.45, 7) is 0.355. The van der Waals surface area contributed by atoms with E-state index in [1.807, 2.05) is 24.3 Å². The Bertz CT molecular complexity index is 722. The van der Waals surface area contributed by atoms with Crippen LogP contribution in [0.2, 0.25) is 0 Å². The van der Waals surface area contributed by atoms with Gasteiger partial charge in [0.05, 0.1) is 13.5 Å². The minimum absolute atomic E-state index is 0.0778. The lowest BCUT2D eigenvalue weighted by Gasteiger charge is -2.21. The number of rotatable bonds is 7. The van der Waals surface area contributed by atoms with Crippen LogP contribution in [0.4, 0.5) is 0 Å². The van der Waals surface area contributed by atoms with Gasteiger partial charge in [-0.3, -0.25) is 9.59 Å². The topological polar surface area (TPSA) is 92.6 Å². The minimum atomic E-state index is -0.970. The molecule has 0 spiro atoms. The molecule has 0 unspecified atom stereocenters. The number of carbonyl (C=O) groups is 2. The zero-order chi connectivity index (χ0) is 17.5. The highest BCUT2D eigenvalue weighted by atomic mass is 79.9. The number of methoxy groups -OCH3 is 1. The molecular weight excluding hydrogens is 378 g/mol. The molecule has 0 saturated heterocycles. The van der Waals surface area contributed by atoms with Crippen LogP contribution >= 0.6 is 15.9 Å². The molecule has 7 nitrogen and oxygen atoms in total. The summed E-state index contributed by atoms with van der Waals surface area (Å²) in [6, 6.07) is 10.5. The number of benzene rings is 1. The monoisotopic (exact) mass is 393 g/mol. The lowest BCUT2D eigenvalue weighted by atomic mass is 10.2. The van der Waals surface area contributed by atoms with Gasteiger partial charge in [0, 0.05) is 23.6 Å². The van der Waals surface area contributed by atoms with Crippen LogP contribution in [-0.4, -0.2) is 45.7 Å². The van der Waals surface area contributed by atoms with Gasteiger partial charge in [0.1, 0.15) is 0 Å². The molecular formula is C16H16BrN3O4. The van der Waals surface area contributed by atoms with Crippen molar-refractivity contribution >= 4 is 27.8 Å². The number of amides is 1.